The molecule has 2 N–H and O–H groups in total. The predicted molar refractivity (Wildman–Crippen MR) is 79.8 cm³/mol. The summed E-state index contributed by atoms with van der Waals surface area (Å²) >= 11 is 0. The van der Waals surface area contributed by atoms with Crippen molar-refractivity contribution in [1.82, 2.24) is 24.9 Å². The lowest BCUT2D eigenvalue weighted by atomic mass is 10.2. The lowest BCUT2D eigenvalue weighted by molar-refractivity contribution is 0.584. The number of aryl methyl sites for hydroxylation is 1. The van der Waals surface area contributed by atoms with Crippen molar-refractivity contribution < 1.29 is 8.42 Å². The van der Waals surface area contributed by atoms with Crippen LogP contribution in [0.15, 0.2) is 24.3 Å². The molecule has 1 aromatic heterocycles. The number of tetrazole rings is 1. The fourth-order valence-corrected chi connectivity index (χ4v) is 2.26. The van der Waals surface area contributed by atoms with E-state index in [0.717, 1.165) is 11.3 Å². The standard InChI is InChI=1S/C12H18N6O2S/c1-3-21(19,20)14-9-8-13-12-15-16-17-18(12)11-6-4-10(2)5-7-11/h4-7,14H,3,8-9H2,1-2H3,(H,13,15,17). The van der Waals surface area contributed by atoms with Gasteiger partial charge in [-0.05, 0) is 36.4 Å². The summed E-state index contributed by atoms with van der Waals surface area (Å²) in [6.07, 6.45) is 0. The quantitative estimate of drug-likeness (QED) is 0.714. The van der Waals surface area contributed by atoms with Crippen molar-refractivity contribution in [2.75, 3.05) is 24.2 Å². The third-order valence-electron chi connectivity index (χ3n) is 2.86. The van der Waals surface area contributed by atoms with E-state index in [1.807, 2.05) is 31.2 Å². The van der Waals surface area contributed by atoms with Crippen LogP contribution in [-0.4, -0.2) is 47.5 Å². The molecule has 1 heterocycles. The van der Waals surface area contributed by atoms with E-state index in [9.17, 15) is 8.42 Å². The second-order valence-electron chi connectivity index (χ2n) is 4.47. The van der Waals surface area contributed by atoms with E-state index in [0.29, 0.717) is 12.5 Å². The zero-order valence-electron chi connectivity index (χ0n) is 11.9. The average Bonchev–Trinajstić information content (AvgIpc) is 2.93. The summed E-state index contributed by atoms with van der Waals surface area (Å²) in [6.45, 7) is 4.26. The normalized spacial score (nSPS) is 11.5. The molecule has 2 aromatic rings. The molecule has 0 saturated carbocycles. The first-order valence-electron chi connectivity index (χ1n) is 6.58. The third-order valence-corrected chi connectivity index (χ3v) is 4.26. The van der Waals surface area contributed by atoms with E-state index in [1.54, 1.807) is 11.6 Å². The molecule has 0 saturated heterocycles. The molecule has 8 nitrogen and oxygen atoms in total. The molecule has 0 aliphatic carbocycles. The monoisotopic (exact) mass is 310 g/mol. The Hall–Kier alpha value is -2.00. The van der Waals surface area contributed by atoms with Crippen molar-refractivity contribution in [3.63, 3.8) is 0 Å². The minimum atomic E-state index is -3.18. The molecule has 0 bridgehead atoms. The van der Waals surface area contributed by atoms with Crippen LogP contribution in [0, 0.1) is 6.92 Å². The van der Waals surface area contributed by atoms with Crippen LogP contribution in [0.4, 0.5) is 5.95 Å². The molecule has 2 rings (SSSR count). The second kappa shape index (κ2) is 6.64. The maximum absolute atomic E-state index is 11.3. The number of anilines is 1. The Morgan fingerprint density at radius 3 is 2.57 bits per heavy atom. The molecule has 0 unspecified atom stereocenters. The smallest absolute Gasteiger partial charge is 0.247 e. The predicted octanol–water partition coefficient (Wildman–Crippen LogP) is 0.322. The van der Waals surface area contributed by atoms with Gasteiger partial charge in [-0.1, -0.05) is 22.8 Å². The highest BCUT2D eigenvalue weighted by Crippen LogP contribution is 2.11. The zero-order valence-corrected chi connectivity index (χ0v) is 12.8. The van der Waals surface area contributed by atoms with Crippen molar-refractivity contribution >= 4 is 16.0 Å². The minimum Gasteiger partial charge on any atom is -0.351 e. The van der Waals surface area contributed by atoms with Gasteiger partial charge in [-0.15, -0.1) is 0 Å². The number of nitrogens with zero attached hydrogens (tertiary/aromatic N) is 4. The number of nitrogens with one attached hydrogen (secondary N) is 2. The van der Waals surface area contributed by atoms with Gasteiger partial charge in [0.1, 0.15) is 0 Å². The number of sulfonamides is 1. The molecule has 114 valence electrons. The van der Waals surface area contributed by atoms with Gasteiger partial charge in [0.05, 0.1) is 11.4 Å². The van der Waals surface area contributed by atoms with Crippen LogP contribution >= 0.6 is 0 Å². The largest absolute Gasteiger partial charge is 0.351 e. The van der Waals surface area contributed by atoms with E-state index in [2.05, 4.69) is 25.6 Å². The number of aromatic nitrogens is 4. The highest BCUT2D eigenvalue weighted by atomic mass is 32.2. The van der Waals surface area contributed by atoms with Crippen LogP contribution in [-0.2, 0) is 10.0 Å². The second-order valence-corrected chi connectivity index (χ2v) is 6.57. The Bertz CT molecular complexity index is 680. The van der Waals surface area contributed by atoms with Gasteiger partial charge in [-0.2, -0.15) is 4.68 Å². The lowest BCUT2D eigenvalue weighted by Gasteiger charge is -2.08. The van der Waals surface area contributed by atoms with E-state index in [-0.39, 0.29) is 12.3 Å². The van der Waals surface area contributed by atoms with E-state index >= 15 is 0 Å². The summed E-state index contributed by atoms with van der Waals surface area (Å²) < 4.78 is 26.6. The number of hydrogen-bond donors (Lipinski definition) is 2. The van der Waals surface area contributed by atoms with E-state index < -0.39 is 10.0 Å². The molecule has 0 fully saturated rings. The summed E-state index contributed by atoms with van der Waals surface area (Å²) in [5.74, 6) is 0.531. The van der Waals surface area contributed by atoms with Crippen LogP contribution < -0.4 is 10.0 Å². The zero-order chi connectivity index (χ0) is 15.3. The Balaban J connectivity index is 1.96. The highest BCUT2D eigenvalue weighted by Gasteiger charge is 2.08. The van der Waals surface area contributed by atoms with Crippen LogP contribution in [0.5, 0.6) is 0 Å². The Morgan fingerprint density at radius 1 is 1.19 bits per heavy atom. The highest BCUT2D eigenvalue weighted by molar-refractivity contribution is 7.89. The first kappa shape index (κ1) is 15.4. The molecule has 0 amide bonds. The van der Waals surface area contributed by atoms with Gasteiger partial charge in [0.15, 0.2) is 0 Å². The van der Waals surface area contributed by atoms with E-state index in [1.165, 1.54) is 0 Å². The molecule has 0 aliphatic heterocycles. The average molecular weight is 310 g/mol. The van der Waals surface area contributed by atoms with Crippen molar-refractivity contribution in [1.29, 1.82) is 0 Å². The molecule has 0 spiro atoms. The fourth-order valence-electron chi connectivity index (χ4n) is 1.64. The van der Waals surface area contributed by atoms with Crippen molar-refractivity contribution in [3.05, 3.63) is 29.8 Å². The van der Waals surface area contributed by atoms with E-state index in [4.69, 9.17) is 0 Å². The summed E-state index contributed by atoms with van der Waals surface area (Å²) in [7, 11) is -3.18. The Labute approximate surface area is 123 Å². The molecule has 1 aromatic carbocycles. The van der Waals surface area contributed by atoms with Gasteiger partial charge >= 0.3 is 0 Å². The molecular formula is C12H18N6O2S. The van der Waals surface area contributed by atoms with Gasteiger partial charge in [0.25, 0.3) is 0 Å². The van der Waals surface area contributed by atoms with Crippen LogP contribution in [0.2, 0.25) is 0 Å². The molecule has 0 radical (unpaired) electrons. The molecule has 0 aliphatic rings. The number of hydrogen-bond acceptors (Lipinski definition) is 6. The van der Waals surface area contributed by atoms with Gasteiger partial charge in [0.2, 0.25) is 16.0 Å². The van der Waals surface area contributed by atoms with Gasteiger partial charge < -0.3 is 5.32 Å². The first-order chi connectivity index (χ1) is 10.0. The molecular weight excluding hydrogens is 292 g/mol. The van der Waals surface area contributed by atoms with Gasteiger partial charge in [-0.3, -0.25) is 0 Å². The van der Waals surface area contributed by atoms with Crippen LogP contribution in [0.25, 0.3) is 5.69 Å². The van der Waals surface area contributed by atoms with Gasteiger partial charge in [-0.25, -0.2) is 13.1 Å². The first-order valence-corrected chi connectivity index (χ1v) is 8.23. The van der Waals surface area contributed by atoms with Crippen molar-refractivity contribution in [2.45, 2.75) is 13.8 Å². The van der Waals surface area contributed by atoms with Crippen LogP contribution in [0.3, 0.4) is 0 Å². The van der Waals surface area contributed by atoms with Crippen molar-refractivity contribution in [3.8, 4) is 5.69 Å². The summed E-state index contributed by atoms with van der Waals surface area (Å²) in [6, 6.07) is 7.76. The SMILES string of the molecule is CCS(=O)(=O)NCCNc1nnnn1-c1ccc(C)cc1. The van der Waals surface area contributed by atoms with Crippen molar-refractivity contribution in [2.24, 2.45) is 0 Å². The molecule has 0 atom stereocenters. The fraction of sp³-hybridized carbons (Fsp3) is 0.417. The third kappa shape index (κ3) is 4.23. The Morgan fingerprint density at radius 2 is 1.90 bits per heavy atom. The van der Waals surface area contributed by atoms with Crippen LogP contribution in [0.1, 0.15) is 12.5 Å². The summed E-state index contributed by atoms with van der Waals surface area (Å²) in [4.78, 5) is 0. The van der Waals surface area contributed by atoms with Gasteiger partial charge in [0, 0.05) is 13.1 Å². The number of benzene rings is 1. The number of rotatable bonds is 7. The summed E-state index contributed by atoms with van der Waals surface area (Å²) in [5, 5.41) is 14.4. The minimum absolute atomic E-state index is 0.0636. The maximum atomic E-state index is 11.3. The summed E-state index contributed by atoms with van der Waals surface area (Å²) in [5.41, 5.74) is 1.98. The Kier molecular flexibility index (Phi) is 4.86. The molecule has 21 heavy (non-hydrogen) atoms. The maximum Gasteiger partial charge on any atom is 0.247 e. The lowest BCUT2D eigenvalue weighted by Crippen LogP contribution is -2.30. The molecule has 9 heteroatoms. The topological polar surface area (TPSA) is 102 Å².